The molecule has 2 amide bonds. The molecule has 1 aliphatic rings. The maximum absolute atomic E-state index is 12.4. The number of carbonyl (C=O) groups is 1. The van der Waals surface area contributed by atoms with Crippen LogP contribution in [-0.2, 0) is 13.1 Å². The zero-order chi connectivity index (χ0) is 19.3. The summed E-state index contributed by atoms with van der Waals surface area (Å²) in [5, 5.41) is 3.57. The van der Waals surface area contributed by atoms with E-state index in [1.165, 1.54) is 0 Å². The number of nitrogens with zero attached hydrogens (tertiary/aromatic N) is 3. The molecule has 28 heavy (non-hydrogen) atoms. The van der Waals surface area contributed by atoms with Crippen molar-refractivity contribution in [2.24, 2.45) is 0 Å². The molecular weight excluding hydrogens is 354 g/mol. The van der Waals surface area contributed by atoms with Crippen LogP contribution in [0.3, 0.4) is 0 Å². The van der Waals surface area contributed by atoms with Crippen molar-refractivity contribution < 1.29 is 4.79 Å². The van der Waals surface area contributed by atoms with Gasteiger partial charge in [0.25, 0.3) is 5.56 Å². The van der Waals surface area contributed by atoms with Crippen LogP contribution in [0.2, 0.25) is 0 Å². The van der Waals surface area contributed by atoms with Gasteiger partial charge in [0.1, 0.15) is 5.82 Å². The number of carbonyl (C=O) groups excluding carboxylic acids is 1. The largest absolute Gasteiger partial charge is 0.334 e. The van der Waals surface area contributed by atoms with Gasteiger partial charge < -0.3 is 15.2 Å². The molecule has 1 saturated heterocycles. The lowest BCUT2D eigenvalue weighted by atomic mass is 10.2. The number of aromatic nitrogens is 2. The Labute approximate surface area is 163 Å². The number of nitrogens with one attached hydrogen (secondary N) is 2. The molecule has 1 aliphatic heterocycles. The molecule has 0 saturated carbocycles. The normalized spacial score (nSPS) is 14.9. The Morgan fingerprint density at radius 3 is 2.50 bits per heavy atom. The summed E-state index contributed by atoms with van der Waals surface area (Å²) in [6, 6.07) is 17.2. The second-order valence-electron chi connectivity index (χ2n) is 6.94. The van der Waals surface area contributed by atoms with Crippen LogP contribution in [0.5, 0.6) is 0 Å². The summed E-state index contributed by atoms with van der Waals surface area (Å²) in [5.41, 5.74) is 1.68. The van der Waals surface area contributed by atoms with Gasteiger partial charge in [0.05, 0.1) is 17.4 Å². The summed E-state index contributed by atoms with van der Waals surface area (Å²) >= 11 is 0. The first-order valence-corrected chi connectivity index (χ1v) is 9.46. The van der Waals surface area contributed by atoms with E-state index in [1.807, 2.05) is 53.4 Å². The molecule has 0 bridgehead atoms. The van der Waals surface area contributed by atoms with E-state index in [4.69, 9.17) is 0 Å². The molecule has 7 nitrogen and oxygen atoms in total. The lowest BCUT2D eigenvalue weighted by Crippen LogP contribution is -2.51. The van der Waals surface area contributed by atoms with E-state index in [0.29, 0.717) is 42.9 Å². The summed E-state index contributed by atoms with van der Waals surface area (Å²) in [4.78, 5) is 36.0. The monoisotopic (exact) mass is 377 g/mol. The number of benzene rings is 2. The number of fused-ring (bicyclic) bond motifs is 1. The summed E-state index contributed by atoms with van der Waals surface area (Å²) in [5.74, 6) is 0.658. The summed E-state index contributed by atoms with van der Waals surface area (Å²) < 4.78 is 0. The van der Waals surface area contributed by atoms with Crippen molar-refractivity contribution >= 4 is 16.9 Å². The lowest BCUT2D eigenvalue weighted by Gasteiger charge is -2.34. The number of para-hydroxylation sites is 1. The maximum atomic E-state index is 12.4. The highest BCUT2D eigenvalue weighted by Crippen LogP contribution is 2.09. The summed E-state index contributed by atoms with van der Waals surface area (Å²) in [7, 11) is 0. The molecule has 2 heterocycles. The molecule has 7 heteroatoms. The molecule has 0 radical (unpaired) electrons. The fourth-order valence-corrected chi connectivity index (χ4v) is 3.42. The van der Waals surface area contributed by atoms with Crippen LogP contribution >= 0.6 is 0 Å². The number of amides is 2. The van der Waals surface area contributed by atoms with Crippen LogP contribution in [0.1, 0.15) is 11.4 Å². The SMILES string of the molecule is O=C(NCc1ccccc1)N1CCN(Cc2nc3ccccc3c(=O)[nH]2)CC1. The predicted molar refractivity (Wildman–Crippen MR) is 108 cm³/mol. The standard InChI is InChI=1S/C21H23N5O2/c27-20-17-8-4-5-9-18(17)23-19(24-20)15-25-10-12-26(13-11-25)21(28)22-14-16-6-2-1-3-7-16/h1-9H,10-15H2,(H,22,28)(H,23,24,27). The zero-order valence-corrected chi connectivity index (χ0v) is 15.6. The second kappa shape index (κ2) is 8.22. The third kappa shape index (κ3) is 4.20. The van der Waals surface area contributed by atoms with E-state index in [9.17, 15) is 9.59 Å². The minimum absolute atomic E-state index is 0.0410. The molecule has 0 aliphatic carbocycles. The van der Waals surface area contributed by atoms with Crippen molar-refractivity contribution in [2.45, 2.75) is 13.1 Å². The Bertz CT molecular complexity index is 1010. The maximum Gasteiger partial charge on any atom is 0.317 e. The molecule has 1 fully saturated rings. The van der Waals surface area contributed by atoms with Crippen molar-refractivity contribution in [3.8, 4) is 0 Å². The Kier molecular flexibility index (Phi) is 5.34. The lowest BCUT2D eigenvalue weighted by molar-refractivity contribution is 0.133. The average molecular weight is 377 g/mol. The molecule has 144 valence electrons. The topological polar surface area (TPSA) is 81.3 Å². The third-order valence-corrected chi connectivity index (χ3v) is 4.98. The Morgan fingerprint density at radius 2 is 1.71 bits per heavy atom. The number of rotatable bonds is 4. The molecule has 3 aromatic rings. The summed E-state index contributed by atoms with van der Waals surface area (Å²) in [6.45, 7) is 3.89. The van der Waals surface area contributed by atoms with Gasteiger partial charge in [-0.15, -0.1) is 0 Å². The van der Waals surface area contributed by atoms with Gasteiger partial charge >= 0.3 is 6.03 Å². The van der Waals surface area contributed by atoms with E-state index in [-0.39, 0.29) is 11.6 Å². The van der Waals surface area contributed by atoms with Gasteiger partial charge in [0, 0.05) is 32.7 Å². The summed E-state index contributed by atoms with van der Waals surface area (Å²) in [6.07, 6.45) is 0. The van der Waals surface area contributed by atoms with Crippen LogP contribution in [0.25, 0.3) is 10.9 Å². The molecular formula is C21H23N5O2. The third-order valence-electron chi connectivity index (χ3n) is 4.98. The minimum Gasteiger partial charge on any atom is -0.334 e. The predicted octanol–water partition coefficient (Wildman–Crippen LogP) is 1.95. The number of piperazine rings is 1. The second-order valence-corrected chi connectivity index (χ2v) is 6.94. The van der Waals surface area contributed by atoms with Gasteiger partial charge in [-0.3, -0.25) is 9.69 Å². The number of hydrogen-bond acceptors (Lipinski definition) is 4. The zero-order valence-electron chi connectivity index (χ0n) is 15.6. The fraction of sp³-hybridized carbons (Fsp3) is 0.286. The molecule has 2 N–H and O–H groups in total. The van der Waals surface area contributed by atoms with Crippen LogP contribution in [0.15, 0.2) is 59.4 Å². The van der Waals surface area contributed by atoms with Crippen molar-refractivity contribution in [3.63, 3.8) is 0 Å². The Hall–Kier alpha value is -3.19. The first-order chi connectivity index (χ1) is 13.7. The average Bonchev–Trinajstić information content (AvgIpc) is 2.73. The minimum atomic E-state index is -0.112. The highest BCUT2D eigenvalue weighted by Gasteiger charge is 2.21. The van der Waals surface area contributed by atoms with Gasteiger partial charge in [0.15, 0.2) is 0 Å². The number of hydrogen-bond donors (Lipinski definition) is 2. The molecule has 0 unspecified atom stereocenters. The first-order valence-electron chi connectivity index (χ1n) is 9.46. The Balaban J connectivity index is 1.30. The van der Waals surface area contributed by atoms with E-state index in [0.717, 1.165) is 18.7 Å². The van der Waals surface area contributed by atoms with Crippen LogP contribution in [-0.4, -0.2) is 52.0 Å². The van der Waals surface area contributed by atoms with Crippen LogP contribution in [0, 0.1) is 0 Å². The highest BCUT2D eigenvalue weighted by molar-refractivity contribution is 5.77. The molecule has 1 aromatic heterocycles. The molecule has 0 spiro atoms. The smallest absolute Gasteiger partial charge is 0.317 e. The molecule has 2 aromatic carbocycles. The number of H-pyrrole nitrogens is 1. The van der Waals surface area contributed by atoms with Gasteiger partial charge in [0.2, 0.25) is 0 Å². The number of aromatic amines is 1. The van der Waals surface area contributed by atoms with Gasteiger partial charge in [-0.05, 0) is 17.7 Å². The van der Waals surface area contributed by atoms with Gasteiger partial charge in [-0.1, -0.05) is 42.5 Å². The van der Waals surface area contributed by atoms with E-state index in [2.05, 4.69) is 20.2 Å². The fourth-order valence-electron chi connectivity index (χ4n) is 3.42. The van der Waals surface area contributed by atoms with Crippen molar-refractivity contribution in [2.75, 3.05) is 26.2 Å². The van der Waals surface area contributed by atoms with Crippen molar-refractivity contribution in [3.05, 3.63) is 76.3 Å². The van der Waals surface area contributed by atoms with E-state index >= 15 is 0 Å². The van der Waals surface area contributed by atoms with E-state index in [1.54, 1.807) is 6.07 Å². The quantitative estimate of drug-likeness (QED) is 0.728. The van der Waals surface area contributed by atoms with Gasteiger partial charge in [-0.2, -0.15) is 0 Å². The highest BCUT2D eigenvalue weighted by atomic mass is 16.2. The van der Waals surface area contributed by atoms with Crippen LogP contribution < -0.4 is 10.9 Å². The van der Waals surface area contributed by atoms with Gasteiger partial charge in [-0.25, -0.2) is 9.78 Å². The number of urea groups is 1. The van der Waals surface area contributed by atoms with Crippen LogP contribution in [0.4, 0.5) is 4.79 Å². The molecule has 4 rings (SSSR count). The van der Waals surface area contributed by atoms with Crippen molar-refractivity contribution in [1.82, 2.24) is 25.1 Å². The molecule has 0 atom stereocenters. The van der Waals surface area contributed by atoms with Crippen molar-refractivity contribution in [1.29, 1.82) is 0 Å². The Morgan fingerprint density at radius 1 is 1.00 bits per heavy atom. The van der Waals surface area contributed by atoms with E-state index < -0.39 is 0 Å². The first kappa shape index (κ1) is 18.2.